The van der Waals surface area contributed by atoms with Crippen LogP contribution in [0.15, 0.2) is 12.5 Å². The number of rotatable bonds is 0. The summed E-state index contributed by atoms with van der Waals surface area (Å²) in [6, 6.07) is 0. The van der Waals surface area contributed by atoms with E-state index in [1.54, 1.807) is 6.33 Å². The average Bonchev–Trinajstić information content (AvgIpc) is 2.12. The third-order valence-corrected chi connectivity index (χ3v) is 2.22. The molecular weight excluding hydrogens is 152 g/mol. The van der Waals surface area contributed by atoms with Crippen molar-refractivity contribution in [2.45, 2.75) is 0 Å². The molecule has 0 aliphatic carbocycles. The van der Waals surface area contributed by atoms with E-state index in [4.69, 9.17) is 0 Å². The SMILES string of the molecule is CN1CCN(C)c2ncncc21. The van der Waals surface area contributed by atoms with Crippen LogP contribution < -0.4 is 9.80 Å². The van der Waals surface area contributed by atoms with Crippen LogP contribution in [0.25, 0.3) is 0 Å². The van der Waals surface area contributed by atoms with Crippen molar-refractivity contribution in [1.29, 1.82) is 0 Å². The monoisotopic (exact) mass is 164 g/mol. The molecule has 1 aromatic heterocycles. The van der Waals surface area contributed by atoms with E-state index in [9.17, 15) is 0 Å². The maximum atomic E-state index is 4.22. The van der Waals surface area contributed by atoms with Crippen molar-refractivity contribution < 1.29 is 0 Å². The minimum absolute atomic E-state index is 1.03. The van der Waals surface area contributed by atoms with Crippen LogP contribution >= 0.6 is 0 Å². The molecular formula is C8H12N4. The standard InChI is InChI=1S/C8H12N4/c1-11-3-4-12(2)8-7(11)5-9-6-10-8/h5-6H,3-4H2,1-2H3. The highest BCUT2D eigenvalue weighted by Gasteiger charge is 2.17. The number of likely N-dealkylation sites (N-methyl/N-ethyl adjacent to an activating group) is 2. The van der Waals surface area contributed by atoms with Crippen LogP contribution in [0.5, 0.6) is 0 Å². The van der Waals surface area contributed by atoms with Gasteiger partial charge in [0.2, 0.25) is 0 Å². The molecule has 4 heteroatoms. The number of nitrogens with zero attached hydrogens (tertiary/aromatic N) is 4. The molecule has 0 spiro atoms. The van der Waals surface area contributed by atoms with Crippen molar-refractivity contribution in [2.24, 2.45) is 0 Å². The molecule has 0 saturated heterocycles. The van der Waals surface area contributed by atoms with Crippen molar-refractivity contribution in [3.63, 3.8) is 0 Å². The molecule has 0 aromatic carbocycles. The lowest BCUT2D eigenvalue weighted by molar-refractivity contribution is 0.776. The van der Waals surface area contributed by atoms with Gasteiger partial charge in [0.05, 0.1) is 11.9 Å². The van der Waals surface area contributed by atoms with Crippen LogP contribution in [0, 0.1) is 0 Å². The minimum Gasteiger partial charge on any atom is -0.369 e. The zero-order valence-corrected chi connectivity index (χ0v) is 7.36. The van der Waals surface area contributed by atoms with E-state index >= 15 is 0 Å². The maximum absolute atomic E-state index is 4.22. The molecule has 0 amide bonds. The van der Waals surface area contributed by atoms with E-state index in [-0.39, 0.29) is 0 Å². The topological polar surface area (TPSA) is 32.3 Å². The Bertz CT molecular complexity index is 257. The fourth-order valence-electron chi connectivity index (χ4n) is 1.41. The molecule has 1 aliphatic heterocycles. The van der Waals surface area contributed by atoms with Gasteiger partial charge < -0.3 is 9.80 Å². The highest BCUT2D eigenvalue weighted by molar-refractivity contribution is 5.67. The van der Waals surface area contributed by atoms with Gasteiger partial charge >= 0.3 is 0 Å². The lowest BCUT2D eigenvalue weighted by atomic mass is 10.3. The summed E-state index contributed by atoms with van der Waals surface area (Å²) in [5, 5.41) is 0. The Morgan fingerprint density at radius 1 is 1.25 bits per heavy atom. The largest absolute Gasteiger partial charge is 0.369 e. The molecule has 2 heterocycles. The number of fused-ring (bicyclic) bond motifs is 1. The smallest absolute Gasteiger partial charge is 0.155 e. The first-order valence-electron chi connectivity index (χ1n) is 4.01. The van der Waals surface area contributed by atoms with E-state index in [1.807, 2.05) is 6.20 Å². The molecule has 1 aromatic rings. The zero-order chi connectivity index (χ0) is 8.55. The van der Waals surface area contributed by atoms with Gasteiger partial charge in [0.1, 0.15) is 6.33 Å². The summed E-state index contributed by atoms with van der Waals surface area (Å²) in [5.74, 6) is 1.03. The van der Waals surface area contributed by atoms with E-state index in [2.05, 4.69) is 33.9 Å². The summed E-state index contributed by atoms with van der Waals surface area (Å²) >= 11 is 0. The van der Waals surface area contributed by atoms with Gasteiger partial charge in [-0.3, -0.25) is 0 Å². The van der Waals surface area contributed by atoms with Crippen LogP contribution in [0.1, 0.15) is 0 Å². The highest BCUT2D eigenvalue weighted by atomic mass is 15.3. The first kappa shape index (κ1) is 7.34. The second kappa shape index (κ2) is 2.62. The van der Waals surface area contributed by atoms with Crippen LogP contribution in [0.4, 0.5) is 11.5 Å². The normalized spacial score (nSPS) is 16.2. The number of anilines is 2. The van der Waals surface area contributed by atoms with Crippen molar-refractivity contribution in [1.82, 2.24) is 9.97 Å². The molecule has 12 heavy (non-hydrogen) atoms. The van der Waals surface area contributed by atoms with Crippen LogP contribution in [0.2, 0.25) is 0 Å². The van der Waals surface area contributed by atoms with Gasteiger partial charge in [-0.2, -0.15) is 0 Å². The van der Waals surface area contributed by atoms with Crippen molar-refractivity contribution in [3.05, 3.63) is 12.5 Å². The average molecular weight is 164 g/mol. The number of hydrogen-bond donors (Lipinski definition) is 0. The fraction of sp³-hybridized carbons (Fsp3) is 0.500. The molecule has 1 aliphatic rings. The second-order valence-corrected chi connectivity index (χ2v) is 3.07. The molecule has 0 fully saturated rings. The van der Waals surface area contributed by atoms with E-state index < -0.39 is 0 Å². The summed E-state index contributed by atoms with van der Waals surface area (Å²) in [4.78, 5) is 12.6. The Labute approximate surface area is 71.8 Å². The van der Waals surface area contributed by atoms with Crippen molar-refractivity contribution in [3.8, 4) is 0 Å². The lowest BCUT2D eigenvalue weighted by Crippen LogP contribution is -2.37. The van der Waals surface area contributed by atoms with Crippen LogP contribution in [0.3, 0.4) is 0 Å². The summed E-state index contributed by atoms with van der Waals surface area (Å²) in [7, 11) is 4.12. The van der Waals surface area contributed by atoms with Gasteiger partial charge in [0, 0.05) is 27.2 Å². The summed E-state index contributed by atoms with van der Waals surface area (Å²) < 4.78 is 0. The Morgan fingerprint density at radius 3 is 2.75 bits per heavy atom. The summed E-state index contributed by atoms with van der Waals surface area (Å²) in [6.45, 7) is 2.07. The predicted octanol–water partition coefficient (Wildman–Crippen LogP) is 0.363. The van der Waals surface area contributed by atoms with Crippen molar-refractivity contribution in [2.75, 3.05) is 37.0 Å². The second-order valence-electron chi connectivity index (χ2n) is 3.07. The first-order chi connectivity index (χ1) is 5.79. The highest BCUT2D eigenvalue weighted by Crippen LogP contribution is 2.26. The molecule has 0 radical (unpaired) electrons. The third-order valence-electron chi connectivity index (χ3n) is 2.22. The van der Waals surface area contributed by atoms with Crippen LogP contribution in [-0.4, -0.2) is 37.2 Å². The molecule has 2 rings (SSSR count). The van der Waals surface area contributed by atoms with E-state index in [0.717, 1.165) is 24.6 Å². The van der Waals surface area contributed by atoms with Gasteiger partial charge in [-0.1, -0.05) is 0 Å². The van der Waals surface area contributed by atoms with Crippen molar-refractivity contribution >= 4 is 11.5 Å². The molecule has 0 unspecified atom stereocenters. The minimum atomic E-state index is 1.03. The molecule has 4 nitrogen and oxygen atoms in total. The van der Waals surface area contributed by atoms with Gasteiger partial charge in [0.25, 0.3) is 0 Å². The first-order valence-corrected chi connectivity index (χ1v) is 4.01. The Hall–Kier alpha value is -1.32. The van der Waals surface area contributed by atoms with E-state index in [0.29, 0.717) is 0 Å². The summed E-state index contributed by atoms with van der Waals surface area (Å²) in [5.41, 5.74) is 1.12. The third kappa shape index (κ3) is 0.995. The van der Waals surface area contributed by atoms with E-state index in [1.165, 1.54) is 0 Å². The molecule has 0 atom stereocenters. The van der Waals surface area contributed by atoms with Gasteiger partial charge in [0.15, 0.2) is 5.82 Å². The Balaban J connectivity index is 2.47. The summed E-state index contributed by atoms with van der Waals surface area (Å²) in [6.07, 6.45) is 3.45. The predicted molar refractivity (Wildman–Crippen MR) is 48.6 cm³/mol. The molecule has 0 saturated carbocycles. The number of aromatic nitrogens is 2. The molecule has 0 N–H and O–H groups in total. The number of hydrogen-bond acceptors (Lipinski definition) is 4. The van der Waals surface area contributed by atoms with Gasteiger partial charge in [-0.15, -0.1) is 0 Å². The quantitative estimate of drug-likeness (QED) is 0.554. The molecule has 64 valence electrons. The van der Waals surface area contributed by atoms with Gasteiger partial charge in [-0.05, 0) is 0 Å². The lowest BCUT2D eigenvalue weighted by Gasteiger charge is -2.32. The Morgan fingerprint density at radius 2 is 2.00 bits per heavy atom. The Kier molecular flexibility index (Phi) is 1.60. The maximum Gasteiger partial charge on any atom is 0.155 e. The molecule has 0 bridgehead atoms. The van der Waals surface area contributed by atoms with Gasteiger partial charge in [-0.25, -0.2) is 9.97 Å². The van der Waals surface area contributed by atoms with Crippen LogP contribution in [-0.2, 0) is 0 Å². The fourth-order valence-corrected chi connectivity index (χ4v) is 1.41. The zero-order valence-electron chi connectivity index (χ0n) is 7.36.